The zero-order chi connectivity index (χ0) is 11.2. The average molecular weight is 228 g/mol. The molecule has 0 N–H and O–H groups in total. The Balaban J connectivity index is 2.12. The van der Waals surface area contributed by atoms with Crippen molar-refractivity contribution in [1.29, 1.82) is 0 Å². The van der Waals surface area contributed by atoms with Crippen molar-refractivity contribution in [3.63, 3.8) is 0 Å². The largest absolute Gasteiger partial charge is 0.151 e. The Bertz CT molecular complexity index is 463. The van der Waals surface area contributed by atoms with Crippen LogP contribution < -0.4 is 0 Å². The fourth-order valence-corrected chi connectivity index (χ4v) is 1.67. The molecule has 3 heteroatoms. The fraction of sp³-hybridized carbons (Fsp3) is 0.0769. The molecule has 80 valence electrons. The molecule has 2 aromatic rings. The molecule has 0 saturated carbocycles. The van der Waals surface area contributed by atoms with E-state index in [0.717, 1.165) is 11.4 Å². The van der Waals surface area contributed by atoms with Gasteiger partial charge in [-0.3, -0.25) is 0 Å². The van der Waals surface area contributed by atoms with Crippen molar-refractivity contribution in [2.45, 2.75) is 4.90 Å². The van der Waals surface area contributed by atoms with Gasteiger partial charge in [-0.15, -0.1) is 11.8 Å². The summed E-state index contributed by atoms with van der Waals surface area (Å²) in [6.45, 7) is 0. The third kappa shape index (κ3) is 2.94. The highest BCUT2D eigenvalue weighted by Crippen LogP contribution is 2.21. The first-order chi connectivity index (χ1) is 7.88. The van der Waals surface area contributed by atoms with Crippen LogP contribution in [0.1, 0.15) is 0 Å². The summed E-state index contributed by atoms with van der Waals surface area (Å²) in [5.41, 5.74) is 1.75. The van der Waals surface area contributed by atoms with Crippen LogP contribution >= 0.6 is 11.8 Å². The highest BCUT2D eigenvalue weighted by atomic mass is 32.2. The summed E-state index contributed by atoms with van der Waals surface area (Å²) in [7, 11) is 0. The van der Waals surface area contributed by atoms with Crippen molar-refractivity contribution < 1.29 is 0 Å². The lowest BCUT2D eigenvalue weighted by molar-refractivity contribution is 1.22. The monoisotopic (exact) mass is 228 g/mol. The summed E-state index contributed by atoms with van der Waals surface area (Å²) in [5, 5.41) is 8.32. The molecule has 2 rings (SSSR count). The zero-order valence-electron chi connectivity index (χ0n) is 9.00. The highest BCUT2D eigenvalue weighted by Gasteiger charge is 1.91. The van der Waals surface area contributed by atoms with Gasteiger partial charge < -0.3 is 0 Å². The molecule has 0 heterocycles. The molecule has 0 atom stereocenters. The average Bonchev–Trinajstić information content (AvgIpc) is 2.38. The molecule has 0 aliphatic heterocycles. The first kappa shape index (κ1) is 10.9. The van der Waals surface area contributed by atoms with Crippen LogP contribution in [0.3, 0.4) is 0 Å². The molecule has 0 fully saturated rings. The smallest absolute Gasteiger partial charge is 0.0857 e. The predicted octanol–water partition coefficient (Wildman–Crippen LogP) is 4.82. The molecule has 0 unspecified atom stereocenters. The predicted molar refractivity (Wildman–Crippen MR) is 68.8 cm³/mol. The van der Waals surface area contributed by atoms with Gasteiger partial charge in [0.15, 0.2) is 0 Å². The van der Waals surface area contributed by atoms with Crippen LogP contribution in [0.4, 0.5) is 11.4 Å². The summed E-state index contributed by atoms with van der Waals surface area (Å²) in [6, 6.07) is 17.8. The van der Waals surface area contributed by atoms with E-state index in [1.165, 1.54) is 4.90 Å². The molecule has 0 bridgehead atoms. The van der Waals surface area contributed by atoms with Crippen LogP contribution in [0.25, 0.3) is 0 Å². The molecule has 16 heavy (non-hydrogen) atoms. The van der Waals surface area contributed by atoms with E-state index >= 15 is 0 Å². The Morgan fingerprint density at radius 2 is 1.31 bits per heavy atom. The van der Waals surface area contributed by atoms with Gasteiger partial charge in [0, 0.05) is 4.90 Å². The van der Waals surface area contributed by atoms with Crippen LogP contribution in [0.15, 0.2) is 69.7 Å². The van der Waals surface area contributed by atoms with E-state index < -0.39 is 0 Å². The quantitative estimate of drug-likeness (QED) is 0.545. The van der Waals surface area contributed by atoms with Gasteiger partial charge in [-0.05, 0) is 42.7 Å². The number of rotatable bonds is 3. The number of thioether (sulfide) groups is 1. The number of hydrogen-bond donors (Lipinski definition) is 0. The van der Waals surface area contributed by atoms with Gasteiger partial charge in [0.1, 0.15) is 0 Å². The first-order valence-corrected chi connectivity index (χ1v) is 6.22. The van der Waals surface area contributed by atoms with E-state index in [9.17, 15) is 0 Å². The van der Waals surface area contributed by atoms with Gasteiger partial charge in [-0.25, -0.2) is 0 Å². The van der Waals surface area contributed by atoms with Crippen molar-refractivity contribution in [3.8, 4) is 0 Å². The summed E-state index contributed by atoms with van der Waals surface area (Å²) >= 11 is 1.72. The Morgan fingerprint density at radius 3 is 1.88 bits per heavy atom. The Labute approximate surface area is 99.4 Å². The molecule has 0 aliphatic rings. The number of nitrogens with zero attached hydrogens (tertiary/aromatic N) is 2. The van der Waals surface area contributed by atoms with Crippen LogP contribution in [0.5, 0.6) is 0 Å². The van der Waals surface area contributed by atoms with E-state index in [0.29, 0.717) is 0 Å². The van der Waals surface area contributed by atoms with Crippen molar-refractivity contribution in [2.24, 2.45) is 10.2 Å². The second-order valence-electron chi connectivity index (χ2n) is 3.23. The van der Waals surface area contributed by atoms with Crippen molar-refractivity contribution >= 4 is 23.1 Å². The van der Waals surface area contributed by atoms with Gasteiger partial charge in [-0.2, -0.15) is 10.2 Å². The van der Waals surface area contributed by atoms with Gasteiger partial charge >= 0.3 is 0 Å². The summed E-state index contributed by atoms with van der Waals surface area (Å²) in [4.78, 5) is 1.23. The third-order valence-corrected chi connectivity index (χ3v) is 2.85. The fourth-order valence-electron chi connectivity index (χ4n) is 1.26. The number of azo groups is 1. The van der Waals surface area contributed by atoms with Crippen LogP contribution in [0.2, 0.25) is 0 Å². The SMILES string of the molecule is CSc1ccc(/N=N/c2ccccc2)cc1. The Morgan fingerprint density at radius 1 is 0.750 bits per heavy atom. The van der Waals surface area contributed by atoms with Gasteiger partial charge in [0.05, 0.1) is 11.4 Å². The normalized spacial score (nSPS) is 10.8. The number of benzene rings is 2. The molecule has 2 nitrogen and oxygen atoms in total. The zero-order valence-corrected chi connectivity index (χ0v) is 9.82. The maximum Gasteiger partial charge on any atom is 0.0857 e. The first-order valence-electron chi connectivity index (χ1n) is 4.99. The molecule has 0 spiro atoms. The summed E-state index contributed by atoms with van der Waals surface area (Å²) in [5.74, 6) is 0. The maximum absolute atomic E-state index is 4.17. The van der Waals surface area contributed by atoms with Gasteiger partial charge in [0.25, 0.3) is 0 Å². The molecule has 0 aliphatic carbocycles. The lowest BCUT2D eigenvalue weighted by atomic mass is 10.3. The van der Waals surface area contributed by atoms with Crippen molar-refractivity contribution in [1.82, 2.24) is 0 Å². The maximum atomic E-state index is 4.17. The minimum absolute atomic E-state index is 0.872. The van der Waals surface area contributed by atoms with Crippen molar-refractivity contribution in [2.75, 3.05) is 6.26 Å². The third-order valence-electron chi connectivity index (χ3n) is 2.11. The molecule has 0 saturated heterocycles. The van der Waals surface area contributed by atoms with E-state index in [4.69, 9.17) is 0 Å². The summed E-state index contributed by atoms with van der Waals surface area (Å²) in [6.07, 6.45) is 2.06. The minimum atomic E-state index is 0.872. The lowest BCUT2D eigenvalue weighted by Crippen LogP contribution is -1.67. The van der Waals surface area contributed by atoms with E-state index in [1.54, 1.807) is 11.8 Å². The van der Waals surface area contributed by atoms with Crippen LogP contribution in [-0.4, -0.2) is 6.26 Å². The van der Waals surface area contributed by atoms with Crippen molar-refractivity contribution in [3.05, 3.63) is 54.6 Å². The van der Waals surface area contributed by atoms with E-state index in [-0.39, 0.29) is 0 Å². The van der Waals surface area contributed by atoms with E-state index in [1.807, 2.05) is 54.6 Å². The van der Waals surface area contributed by atoms with Gasteiger partial charge in [-0.1, -0.05) is 18.2 Å². The summed E-state index contributed by atoms with van der Waals surface area (Å²) < 4.78 is 0. The molecule has 0 radical (unpaired) electrons. The molecule has 2 aromatic carbocycles. The Hall–Kier alpha value is -1.61. The molecular weight excluding hydrogens is 216 g/mol. The number of hydrogen-bond acceptors (Lipinski definition) is 3. The molecular formula is C13H12N2S. The highest BCUT2D eigenvalue weighted by molar-refractivity contribution is 7.98. The standard InChI is InChI=1S/C13H12N2S/c1-16-13-9-7-12(8-10-13)15-14-11-5-3-2-4-6-11/h2-10H,1H3/b15-14+. The minimum Gasteiger partial charge on any atom is -0.151 e. The van der Waals surface area contributed by atoms with Crippen LogP contribution in [0, 0.1) is 0 Å². The lowest BCUT2D eigenvalue weighted by Gasteiger charge is -1.95. The molecule has 0 aromatic heterocycles. The second-order valence-corrected chi connectivity index (χ2v) is 4.11. The van der Waals surface area contributed by atoms with E-state index in [2.05, 4.69) is 16.5 Å². The topological polar surface area (TPSA) is 24.7 Å². The second kappa shape index (κ2) is 5.47. The molecule has 0 amide bonds. The Kier molecular flexibility index (Phi) is 3.72. The van der Waals surface area contributed by atoms with Gasteiger partial charge in [0.2, 0.25) is 0 Å². The van der Waals surface area contributed by atoms with Crippen LogP contribution in [-0.2, 0) is 0 Å².